The van der Waals surface area contributed by atoms with E-state index in [9.17, 15) is 9.59 Å². The van der Waals surface area contributed by atoms with Crippen LogP contribution < -0.4 is 10.1 Å². The van der Waals surface area contributed by atoms with Gasteiger partial charge < -0.3 is 14.8 Å². The minimum atomic E-state index is -0.711. The number of pyridine rings is 1. The summed E-state index contributed by atoms with van der Waals surface area (Å²) in [5.74, 6) is -0.293. The molecule has 0 radical (unpaired) electrons. The Labute approximate surface area is 185 Å². The lowest BCUT2D eigenvalue weighted by atomic mass is 9.90. The van der Waals surface area contributed by atoms with Gasteiger partial charge in [-0.15, -0.1) is 0 Å². The third kappa shape index (κ3) is 5.63. The number of anilines is 1. The van der Waals surface area contributed by atoms with Crippen LogP contribution in [0.4, 0.5) is 5.69 Å². The number of hydrogen-bond donors (Lipinski definition) is 1. The van der Waals surface area contributed by atoms with Gasteiger partial charge in [0.25, 0.3) is 0 Å². The number of nitrogens with zero attached hydrogens (tertiary/aromatic N) is 1. The van der Waals surface area contributed by atoms with Crippen LogP contribution in [-0.4, -0.2) is 24.0 Å². The zero-order chi connectivity index (χ0) is 23.5. The van der Waals surface area contributed by atoms with Crippen LogP contribution in [0, 0.1) is 26.2 Å². The topological polar surface area (TPSA) is 77.5 Å². The van der Waals surface area contributed by atoms with E-state index in [0.29, 0.717) is 23.6 Å². The smallest absolute Gasteiger partial charge is 0.303 e. The number of aryl methyl sites for hydroxylation is 3. The first-order valence-electron chi connectivity index (χ1n) is 10.5. The Balaban J connectivity index is 2.88. The number of hydrogen-bond acceptors (Lipinski definition) is 5. The van der Waals surface area contributed by atoms with Crippen LogP contribution in [0.2, 0.25) is 0 Å². The third-order valence-electron chi connectivity index (χ3n) is 5.07. The second-order valence-electron chi connectivity index (χ2n) is 8.94. The van der Waals surface area contributed by atoms with Gasteiger partial charge in [0, 0.05) is 23.6 Å². The summed E-state index contributed by atoms with van der Waals surface area (Å²) in [5, 5.41) is 3.01. The highest BCUT2D eigenvalue weighted by atomic mass is 16.5. The molecule has 0 bridgehead atoms. The molecule has 1 aromatic carbocycles. The van der Waals surface area contributed by atoms with Gasteiger partial charge in [-0.25, -0.2) is 4.98 Å². The third-order valence-corrected chi connectivity index (χ3v) is 5.07. The number of methoxy groups -OCH3 is 1. The van der Waals surface area contributed by atoms with Crippen LogP contribution in [0.15, 0.2) is 18.2 Å². The number of carbonyl (C=O) groups is 2. The van der Waals surface area contributed by atoms with E-state index in [1.807, 2.05) is 60.6 Å². The van der Waals surface area contributed by atoms with E-state index in [2.05, 4.69) is 16.4 Å². The van der Waals surface area contributed by atoms with E-state index < -0.39 is 17.5 Å². The van der Waals surface area contributed by atoms with Crippen molar-refractivity contribution in [1.82, 2.24) is 4.98 Å². The van der Waals surface area contributed by atoms with Crippen LogP contribution in [0.25, 0.3) is 0 Å². The molecule has 0 saturated heterocycles. The molecule has 31 heavy (non-hydrogen) atoms. The molecule has 1 N–H and O–H groups in total. The molecule has 0 aliphatic heterocycles. The van der Waals surface area contributed by atoms with Crippen LogP contribution >= 0.6 is 0 Å². The summed E-state index contributed by atoms with van der Waals surface area (Å²) in [4.78, 5) is 29.6. The highest BCUT2D eigenvalue weighted by Gasteiger charge is 2.31. The van der Waals surface area contributed by atoms with Crippen LogP contribution in [0.1, 0.15) is 74.2 Å². The molecule has 6 nitrogen and oxygen atoms in total. The normalized spacial score (nSPS) is 12.3. The van der Waals surface area contributed by atoms with Crippen molar-refractivity contribution in [2.75, 3.05) is 12.4 Å². The largest absolute Gasteiger partial charge is 0.479 e. The van der Waals surface area contributed by atoms with E-state index in [-0.39, 0.29) is 5.91 Å². The van der Waals surface area contributed by atoms with Crippen LogP contribution in [0.3, 0.4) is 0 Å². The van der Waals surface area contributed by atoms with Gasteiger partial charge in [0.15, 0.2) is 6.10 Å². The zero-order valence-electron chi connectivity index (χ0n) is 20.1. The Kier molecular flexibility index (Phi) is 7.47. The van der Waals surface area contributed by atoms with Gasteiger partial charge in [-0.1, -0.05) is 57.0 Å². The fourth-order valence-corrected chi connectivity index (χ4v) is 3.66. The van der Waals surface area contributed by atoms with Crippen molar-refractivity contribution in [2.24, 2.45) is 5.41 Å². The van der Waals surface area contributed by atoms with Gasteiger partial charge >= 0.3 is 5.97 Å². The van der Waals surface area contributed by atoms with Gasteiger partial charge in [-0.05, 0) is 38.3 Å². The number of ether oxygens (including phenoxy) is 2. The monoisotopic (exact) mass is 426 g/mol. The van der Waals surface area contributed by atoms with E-state index >= 15 is 0 Å². The molecule has 1 atom stereocenters. The molecule has 1 aromatic heterocycles. The fraction of sp³-hybridized carbons (Fsp3) is 0.480. The Morgan fingerprint density at radius 2 is 1.68 bits per heavy atom. The molecule has 6 heteroatoms. The Bertz CT molecular complexity index is 970. The second-order valence-corrected chi connectivity index (χ2v) is 8.94. The molecule has 0 aliphatic carbocycles. The Morgan fingerprint density at radius 3 is 2.13 bits per heavy atom. The van der Waals surface area contributed by atoms with Crippen molar-refractivity contribution in [3.8, 4) is 5.88 Å². The molecular weight excluding hydrogens is 392 g/mol. The van der Waals surface area contributed by atoms with E-state index in [4.69, 9.17) is 9.47 Å². The van der Waals surface area contributed by atoms with Crippen molar-refractivity contribution < 1.29 is 19.1 Å². The van der Waals surface area contributed by atoms with Crippen LogP contribution in [-0.2, 0) is 20.7 Å². The average Bonchev–Trinajstić information content (AvgIpc) is 2.65. The highest BCUT2D eigenvalue weighted by Crippen LogP contribution is 2.41. The van der Waals surface area contributed by atoms with E-state index in [1.54, 1.807) is 0 Å². The first-order chi connectivity index (χ1) is 14.4. The molecule has 0 saturated carbocycles. The maximum absolute atomic E-state index is 12.9. The number of amides is 1. The molecule has 168 valence electrons. The van der Waals surface area contributed by atoms with Gasteiger partial charge in [-0.2, -0.15) is 0 Å². The van der Waals surface area contributed by atoms with Crippen molar-refractivity contribution in [1.29, 1.82) is 0 Å². The second kappa shape index (κ2) is 9.50. The van der Waals surface area contributed by atoms with E-state index in [0.717, 1.165) is 27.9 Å². The summed E-state index contributed by atoms with van der Waals surface area (Å²) < 4.78 is 11.4. The van der Waals surface area contributed by atoms with Gasteiger partial charge in [-0.3, -0.25) is 9.59 Å². The Hall–Kier alpha value is -2.89. The van der Waals surface area contributed by atoms with Crippen molar-refractivity contribution in [2.45, 2.75) is 67.9 Å². The maximum Gasteiger partial charge on any atom is 0.303 e. The number of aromatic nitrogens is 1. The van der Waals surface area contributed by atoms with Crippen molar-refractivity contribution in [3.63, 3.8) is 0 Å². The summed E-state index contributed by atoms with van der Waals surface area (Å²) in [5.41, 5.74) is 5.14. The number of benzene rings is 1. The summed E-state index contributed by atoms with van der Waals surface area (Å²) >= 11 is 0. The number of esters is 1. The predicted octanol–water partition coefficient (Wildman–Crippen LogP) is 5.21. The average molecular weight is 427 g/mol. The highest BCUT2D eigenvalue weighted by molar-refractivity contribution is 5.96. The lowest BCUT2D eigenvalue weighted by Gasteiger charge is -2.28. The Morgan fingerprint density at radius 1 is 1.10 bits per heavy atom. The van der Waals surface area contributed by atoms with Crippen LogP contribution in [0.5, 0.6) is 5.88 Å². The molecule has 1 heterocycles. The van der Waals surface area contributed by atoms with Crippen molar-refractivity contribution in [3.05, 3.63) is 51.7 Å². The molecule has 0 fully saturated rings. The molecule has 2 rings (SSSR count). The van der Waals surface area contributed by atoms with Gasteiger partial charge in [0.1, 0.15) is 5.69 Å². The summed E-state index contributed by atoms with van der Waals surface area (Å²) in [6.07, 6.45) is -0.0593. The molecule has 0 aliphatic rings. The molecule has 1 amide bonds. The molecule has 1 unspecified atom stereocenters. The summed E-state index contributed by atoms with van der Waals surface area (Å²) in [6, 6.07) is 6.06. The SMILES string of the molecule is CCc1c(C)nc(OC)c(NC(=O)C(C)(C)C)c1C(OC(C)=O)c1cc(C)cc(C)c1. The minimum Gasteiger partial charge on any atom is -0.479 e. The number of nitrogens with one attached hydrogen (secondary N) is 1. The maximum atomic E-state index is 12.9. The zero-order valence-corrected chi connectivity index (χ0v) is 20.1. The molecule has 2 aromatic rings. The minimum absolute atomic E-state index is 0.179. The number of carbonyl (C=O) groups excluding carboxylic acids is 2. The first-order valence-corrected chi connectivity index (χ1v) is 10.5. The quantitative estimate of drug-likeness (QED) is 0.641. The van der Waals surface area contributed by atoms with Gasteiger partial charge in [0.2, 0.25) is 11.8 Å². The molecular formula is C25H34N2O4. The molecule has 0 spiro atoms. The lowest BCUT2D eigenvalue weighted by Crippen LogP contribution is -2.29. The van der Waals surface area contributed by atoms with Gasteiger partial charge in [0.05, 0.1) is 7.11 Å². The first kappa shape index (κ1) is 24.4. The number of rotatable bonds is 6. The standard InChI is InChI=1S/C25H34N2O4/c1-10-19-16(4)26-23(30-9)21(27-24(29)25(6,7)8)20(19)22(31-17(5)28)18-12-14(2)11-15(3)13-18/h11-13,22H,10H2,1-9H3,(H,27,29). The van der Waals surface area contributed by atoms with E-state index in [1.165, 1.54) is 14.0 Å². The predicted molar refractivity (Wildman–Crippen MR) is 123 cm³/mol. The lowest BCUT2D eigenvalue weighted by molar-refractivity contribution is -0.144. The van der Waals surface area contributed by atoms with Crippen molar-refractivity contribution >= 4 is 17.6 Å². The fourth-order valence-electron chi connectivity index (χ4n) is 3.66. The summed E-state index contributed by atoms with van der Waals surface area (Å²) in [7, 11) is 1.52. The summed E-state index contributed by atoms with van der Waals surface area (Å²) in [6.45, 7) is 14.8.